The van der Waals surface area contributed by atoms with E-state index in [1.54, 1.807) is 18.3 Å². The van der Waals surface area contributed by atoms with Crippen LogP contribution in [0.1, 0.15) is 45.1 Å². The maximum absolute atomic E-state index is 13.4. The smallest absolute Gasteiger partial charge is 0.255 e. The summed E-state index contributed by atoms with van der Waals surface area (Å²) in [5, 5.41) is 6.80. The van der Waals surface area contributed by atoms with Crippen molar-refractivity contribution < 1.29 is 9.59 Å². The van der Waals surface area contributed by atoms with Gasteiger partial charge in [-0.25, -0.2) is 4.98 Å². The Morgan fingerprint density at radius 1 is 1.26 bits per heavy atom. The lowest BCUT2D eigenvalue weighted by Gasteiger charge is -2.39. The molecule has 2 aliphatic rings. The number of nitrogens with one attached hydrogen (secondary N) is 2. The number of amides is 1. The standard InChI is InChI=1S/C24H23BrClN3O2/c1-13-20(23(31)29-19-8-7-15(25)12-27-19)21(14-5-4-6-16(26)9-14)22-17(28-13)10-24(2,3)11-18(22)30/h4-9,12,21,28H,10-11H2,1-3H3,(H,27,29,31). The van der Waals surface area contributed by atoms with E-state index in [4.69, 9.17) is 11.6 Å². The first-order chi connectivity index (χ1) is 14.6. The van der Waals surface area contributed by atoms with Crippen molar-refractivity contribution in [3.63, 3.8) is 0 Å². The number of Topliss-reactive ketones (excluding diaryl/α,β-unsaturated/α-hetero) is 1. The summed E-state index contributed by atoms with van der Waals surface area (Å²) >= 11 is 9.63. The molecule has 1 unspecified atom stereocenters. The van der Waals surface area contributed by atoms with Crippen molar-refractivity contribution in [3.05, 3.63) is 80.2 Å². The number of carbonyl (C=O) groups excluding carboxylic acids is 2. The Bertz CT molecular complexity index is 1140. The van der Waals surface area contributed by atoms with Crippen molar-refractivity contribution in [2.24, 2.45) is 5.41 Å². The molecule has 2 heterocycles. The van der Waals surface area contributed by atoms with Gasteiger partial charge in [0.15, 0.2) is 5.78 Å². The SMILES string of the molecule is CC1=C(C(=O)Nc2ccc(Br)cn2)C(c2cccc(Cl)c2)C2=C(CC(C)(C)CC2=O)N1. The number of ketones is 1. The summed E-state index contributed by atoms with van der Waals surface area (Å²) in [6.07, 6.45) is 2.80. The van der Waals surface area contributed by atoms with Crippen LogP contribution >= 0.6 is 27.5 Å². The molecule has 0 saturated carbocycles. The van der Waals surface area contributed by atoms with Crippen LogP contribution in [0, 0.1) is 5.41 Å². The molecule has 0 fully saturated rings. The Morgan fingerprint density at radius 3 is 2.71 bits per heavy atom. The second kappa shape index (κ2) is 8.24. The van der Waals surface area contributed by atoms with Crippen LogP contribution in [0.15, 0.2) is 69.6 Å². The van der Waals surface area contributed by atoms with Gasteiger partial charge in [-0.05, 0) is 64.5 Å². The fourth-order valence-corrected chi connectivity index (χ4v) is 4.82. The number of halogens is 2. The van der Waals surface area contributed by atoms with Crippen LogP contribution in [0.25, 0.3) is 0 Å². The number of allylic oxidation sites excluding steroid dienone is 3. The lowest BCUT2D eigenvalue weighted by molar-refractivity contribution is -0.118. The van der Waals surface area contributed by atoms with Gasteiger partial charge in [-0.15, -0.1) is 0 Å². The van der Waals surface area contributed by atoms with E-state index in [2.05, 4.69) is 45.4 Å². The molecule has 1 amide bonds. The van der Waals surface area contributed by atoms with Crippen molar-refractivity contribution in [3.8, 4) is 0 Å². The third-order valence-electron chi connectivity index (χ3n) is 5.64. The molecule has 0 radical (unpaired) electrons. The summed E-state index contributed by atoms with van der Waals surface area (Å²) in [7, 11) is 0. The summed E-state index contributed by atoms with van der Waals surface area (Å²) in [4.78, 5) is 30.9. The number of rotatable bonds is 3. The van der Waals surface area contributed by atoms with E-state index < -0.39 is 5.92 Å². The number of anilines is 1. The first-order valence-corrected chi connectivity index (χ1v) is 11.2. The summed E-state index contributed by atoms with van der Waals surface area (Å²) in [6, 6.07) is 10.9. The van der Waals surface area contributed by atoms with Crippen molar-refractivity contribution in [2.75, 3.05) is 5.32 Å². The Balaban J connectivity index is 1.80. The minimum atomic E-state index is -0.492. The number of benzene rings is 1. The highest BCUT2D eigenvalue weighted by molar-refractivity contribution is 9.10. The van der Waals surface area contributed by atoms with Gasteiger partial charge < -0.3 is 10.6 Å². The molecule has 1 aromatic heterocycles. The summed E-state index contributed by atoms with van der Waals surface area (Å²) < 4.78 is 0.822. The second-order valence-electron chi connectivity index (χ2n) is 8.80. The Hall–Kier alpha value is -2.44. The third-order valence-corrected chi connectivity index (χ3v) is 6.34. The zero-order chi connectivity index (χ0) is 22.3. The average molecular weight is 501 g/mol. The minimum Gasteiger partial charge on any atom is -0.362 e. The number of aromatic nitrogens is 1. The summed E-state index contributed by atoms with van der Waals surface area (Å²) in [5.41, 5.74) is 3.46. The quantitative estimate of drug-likeness (QED) is 0.564. The van der Waals surface area contributed by atoms with Gasteiger partial charge in [-0.3, -0.25) is 9.59 Å². The molecular formula is C24H23BrClN3O2. The van der Waals surface area contributed by atoms with Gasteiger partial charge >= 0.3 is 0 Å². The molecule has 1 atom stereocenters. The maximum atomic E-state index is 13.4. The molecule has 160 valence electrons. The van der Waals surface area contributed by atoms with E-state index in [1.165, 1.54) is 0 Å². The highest BCUT2D eigenvalue weighted by atomic mass is 79.9. The molecule has 2 N–H and O–H groups in total. The van der Waals surface area contributed by atoms with Gasteiger partial charge in [-0.2, -0.15) is 0 Å². The summed E-state index contributed by atoms with van der Waals surface area (Å²) in [6.45, 7) is 6.05. The van der Waals surface area contributed by atoms with Gasteiger partial charge in [-0.1, -0.05) is 37.6 Å². The predicted molar refractivity (Wildman–Crippen MR) is 126 cm³/mol. The minimum absolute atomic E-state index is 0.0586. The lowest BCUT2D eigenvalue weighted by Crippen LogP contribution is -2.39. The molecule has 1 aliphatic carbocycles. The fourth-order valence-electron chi connectivity index (χ4n) is 4.39. The Kier molecular flexibility index (Phi) is 5.79. The van der Waals surface area contributed by atoms with Crippen LogP contribution in [-0.4, -0.2) is 16.7 Å². The third kappa shape index (κ3) is 4.46. The van der Waals surface area contributed by atoms with Crippen molar-refractivity contribution in [1.82, 2.24) is 10.3 Å². The molecule has 1 aromatic carbocycles. The van der Waals surface area contributed by atoms with Crippen LogP contribution in [0.5, 0.6) is 0 Å². The van der Waals surface area contributed by atoms with Crippen molar-refractivity contribution >= 4 is 45.0 Å². The number of hydrogen-bond donors (Lipinski definition) is 2. The van der Waals surface area contributed by atoms with Gasteiger partial charge in [0, 0.05) is 50.6 Å². The van der Waals surface area contributed by atoms with E-state index in [9.17, 15) is 9.59 Å². The molecule has 2 aromatic rings. The Labute approximate surface area is 195 Å². The van der Waals surface area contributed by atoms with Crippen LogP contribution in [0.2, 0.25) is 5.02 Å². The fraction of sp³-hybridized carbons (Fsp3) is 0.292. The zero-order valence-corrected chi connectivity index (χ0v) is 19.9. The van der Waals surface area contributed by atoms with E-state index in [-0.39, 0.29) is 17.1 Å². The highest BCUT2D eigenvalue weighted by Crippen LogP contribution is 2.47. The van der Waals surface area contributed by atoms with Crippen LogP contribution in [0.3, 0.4) is 0 Å². The van der Waals surface area contributed by atoms with Crippen LogP contribution in [-0.2, 0) is 9.59 Å². The largest absolute Gasteiger partial charge is 0.362 e. The molecule has 0 bridgehead atoms. The van der Waals surface area contributed by atoms with Crippen molar-refractivity contribution in [2.45, 2.75) is 39.5 Å². The number of nitrogens with zero attached hydrogens (tertiary/aromatic N) is 1. The molecule has 5 nitrogen and oxygen atoms in total. The second-order valence-corrected chi connectivity index (χ2v) is 10.2. The van der Waals surface area contributed by atoms with Crippen LogP contribution < -0.4 is 10.6 Å². The van der Waals surface area contributed by atoms with E-state index in [0.29, 0.717) is 28.4 Å². The van der Waals surface area contributed by atoms with Crippen molar-refractivity contribution in [1.29, 1.82) is 0 Å². The number of hydrogen-bond acceptors (Lipinski definition) is 4. The van der Waals surface area contributed by atoms with E-state index in [1.807, 2.05) is 31.2 Å². The molecule has 0 spiro atoms. The van der Waals surface area contributed by atoms with Gasteiger partial charge in [0.05, 0.1) is 0 Å². The number of pyridine rings is 1. The summed E-state index contributed by atoms with van der Waals surface area (Å²) in [5.74, 6) is -0.291. The number of dihydropyridines is 1. The first kappa shape index (κ1) is 21.8. The van der Waals surface area contributed by atoms with Gasteiger partial charge in [0.25, 0.3) is 5.91 Å². The molecule has 4 rings (SSSR count). The predicted octanol–water partition coefficient (Wildman–Crippen LogP) is 5.74. The average Bonchev–Trinajstić information content (AvgIpc) is 2.67. The number of carbonyl (C=O) groups is 2. The Morgan fingerprint density at radius 2 is 2.03 bits per heavy atom. The van der Waals surface area contributed by atoms with Crippen LogP contribution in [0.4, 0.5) is 5.82 Å². The normalized spacial score (nSPS) is 20.3. The first-order valence-electron chi connectivity index (χ1n) is 10.1. The molecule has 7 heteroatoms. The van der Waals surface area contributed by atoms with Gasteiger partial charge in [0.1, 0.15) is 5.82 Å². The highest BCUT2D eigenvalue weighted by Gasteiger charge is 2.42. The zero-order valence-electron chi connectivity index (χ0n) is 17.6. The molecule has 1 aliphatic heterocycles. The van der Waals surface area contributed by atoms with E-state index >= 15 is 0 Å². The maximum Gasteiger partial charge on any atom is 0.255 e. The topological polar surface area (TPSA) is 71.1 Å². The molecular weight excluding hydrogens is 478 g/mol. The monoisotopic (exact) mass is 499 g/mol. The molecule has 0 saturated heterocycles. The molecule has 31 heavy (non-hydrogen) atoms. The van der Waals surface area contributed by atoms with E-state index in [0.717, 1.165) is 27.9 Å². The lowest BCUT2D eigenvalue weighted by atomic mass is 9.68. The van der Waals surface area contributed by atoms with Gasteiger partial charge in [0.2, 0.25) is 0 Å².